The molecule has 0 bridgehead atoms. The number of sulfonamides is 1. The van der Waals surface area contributed by atoms with Gasteiger partial charge in [0.15, 0.2) is 6.10 Å². The number of nitrogens with zero attached hydrogens (tertiary/aromatic N) is 1. The van der Waals surface area contributed by atoms with E-state index in [0.717, 1.165) is 22.0 Å². The van der Waals surface area contributed by atoms with Crippen LogP contribution in [-0.2, 0) is 20.2 Å². The summed E-state index contributed by atoms with van der Waals surface area (Å²) in [6.45, 7) is 5.68. The molecule has 0 fully saturated rings. The van der Waals surface area contributed by atoms with Crippen LogP contribution in [0.1, 0.15) is 26.3 Å². The summed E-state index contributed by atoms with van der Waals surface area (Å²) in [5.41, 5.74) is 0.708. The van der Waals surface area contributed by atoms with Crippen molar-refractivity contribution in [2.24, 2.45) is 0 Å². The van der Waals surface area contributed by atoms with Crippen LogP contribution in [0.25, 0.3) is 0 Å². The number of hydrogen-bond donors (Lipinski definition) is 1. The molecule has 1 amide bonds. The fourth-order valence-corrected chi connectivity index (χ4v) is 5.09. The van der Waals surface area contributed by atoms with Gasteiger partial charge in [0.05, 0.1) is 22.8 Å². The lowest BCUT2D eigenvalue weighted by atomic mass is 9.86. The van der Waals surface area contributed by atoms with Crippen molar-refractivity contribution in [3.63, 3.8) is 0 Å². The average molecular weight is 487 g/mol. The highest BCUT2D eigenvalue weighted by molar-refractivity contribution is 7.92. The van der Waals surface area contributed by atoms with Crippen molar-refractivity contribution >= 4 is 27.3 Å². The Morgan fingerprint density at radius 3 is 2.38 bits per heavy atom. The van der Waals surface area contributed by atoms with Crippen molar-refractivity contribution in [1.29, 1.82) is 0 Å². The first kappa shape index (κ1) is 23.7. The van der Waals surface area contributed by atoms with Gasteiger partial charge in [0.25, 0.3) is 15.9 Å². The zero-order valence-corrected chi connectivity index (χ0v) is 19.7. The minimum atomic E-state index is -4.04. The van der Waals surface area contributed by atoms with Gasteiger partial charge < -0.3 is 10.1 Å². The van der Waals surface area contributed by atoms with Gasteiger partial charge in [-0.3, -0.25) is 9.10 Å². The smallest absolute Gasteiger partial charge is 0.267 e. The summed E-state index contributed by atoms with van der Waals surface area (Å²) in [6, 6.07) is 15.8. The van der Waals surface area contributed by atoms with Crippen LogP contribution < -0.4 is 14.4 Å². The summed E-state index contributed by atoms with van der Waals surface area (Å²) in [4.78, 5) is 13.0. The second-order valence-electron chi connectivity index (χ2n) is 9.00. The van der Waals surface area contributed by atoms with Crippen molar-refractivity contribution in [2.45, 2.75) is 37.2 Å². The van der Waals surface area contributed by atoms with E-state index in [1.165, 1.54) is 12.1 Å². The van der Waals surface area contributed by atoms with Gasteiger partial charge in [-0.1, -0.05) is 45.0 Å². The van der Waals surface area contributed by atoms with Crippen LogP contribution in [0.15, 0.2) is 71.6 Å². The van der Waals surface area contributed by atoms with Crippen LogP contribution >= 0.6 is 0 Å². The molecule has 3 aromatic rings. The maximum absolute atomic E-state index is 14.1. The summed E-state index contributed by atoms with van der Waals surface area (Å²) in [6.07, 6.45) is -1.27. The largest absolute Gasteiger partial charge is 0.476 e. The first-order valence-corrected chi connectivity index (χ1v) is 12.1. The molecular formula is C25H24F2N2O4S. The highest BCUT2D eigenvalue weighted by Gasteiger charge is 2.38. The quantitative estimate of drug-likeness (QED) is 0.572. The van der Waals surface area contributed by atoms with Gasteiger partial charge in [-0.15, -0.1) is 0 Å². The molecule has 1 aliphatic heterocycles. The number of nitrogens with one attached hydrogen (secondary N) is 1. The molecule has 9 heteroatoms. The third-order valence-corrected chi connectivity index (χ3v) is 7.30. The molecule has 4 rings (SSSR count). The standard InChI is InChI=1S/C25H24F2N2O4S/c1-25(2,3)16-9-12-22-21(13-16)29(34(31,32)18-7-5-4-6-8-18)15-23(33-22)24(30)28-20-11-10-17(26)14-19(20)27/h4-14,23H,15H2,1-3H3,(H,28,30)/t23-/m0/s1. The summed E-state index contributed by atoms with van der Waals surface area (Å²) < 4.78 is 61.4. The van der Waals surface area contributed by atoms with Crippen molar-refractivity contribution in [1.82, 2.24) is 0 Å². The molecule has 0 saturated heterocycles. The number of anilines is 2. The Morgan fingerprint density at radius 2 is 1.74 bits per heavy atom. The van der Waals surface area contributed by atoms with Crippen molar-refractivity contribution < 1.29 is 26.7 Å². The van der Waals surface area contributed by atoms with Crippen LogP contribution in [-0.4, -0.2) is 27.0 Å². The van der Waals surface area contributed by atoms with E-state index in [1.807, 2.05) is 26.8 Å². The summed E-state index contributed by atoms with van der Waals surface area (Å²) >= 11 is 0. The molecule has 0 spiro atoms. The Bertz CT molecular complexity index is 1340. The second-order valence-corrected chi connectivity index (χ2v) is 10.9. The lowest BCUT2D eigenvalue weighted by Crippen LogP contribution is -2.49. The Morgan fingerprint density at radius 1 is 1.03 bits per heavy atom. The van der Waals surface area contributed by atoms with Crippen LogP contribution in [0.3, 0.4) is 0 Å². The molecule has 0 radical (unpaired) electrons. The number of amides is 1. The Labute approximate surface area is 197 Å². The molecule has 0 saturated carbocycles. The molecule has 0 aliphatic carbocycles. The Kier molecular flexibility index (Phi) is 6.07. The van der Waals surface area contributed by atoms with Gasteiger partial charge >= 0.3 is 0 Å². The zero-order chi connectivity index (χ0) is 24.7. The SMILES string of the molecule is CC(C)(C)c1ccc2c(c1)N(S(=O)(=O)c1ccccc1)C[C@@H](C(=O)Nc1ccc(F)cc1F)O2. The molecule has 6 nitrogen and oxygen atoms in total. The van der Waals surface area contributed by atoms with Gasteiger partial charge in [0.1, 0.15) is 17.4 Å². The third-order valence-electron chi connectivity index (χ3n) is 5.51. The third kappa shape index (κ3) is 4.61. The topological polar surface area (TPSA) is 75.7 Å². The van der Waals surface area contributed by atoms with Gasteiger partial charge in [-0.25, -0.2) is 17.2 Å². The number of fused-ring (bicyclic) bond motifs is 1. The number of carbonyl (C=O) groups excluding carboxylic acids is 1. The number of carbonyl (C=O) groups is 1. The number of hydrogen-bond acceptors (Lipinski definition) is 4. The van der Waals surface area contributed by atoms with Crippen LogP contribution in [0.2, 0.25) is 0 Å². The molecule has 1 atom stereocenters. The Balaban J connectivity index is 1.74. The van der Waals surface area contributed by atoms with Gasteiger partial charge in [0, 0.05) is 6.07 Å². The van der Waals surface area contributed by atoms with Crippen LogP contribution in [0, 0.1) is 11.6 Å². The fraction of sp³-hybridized carbons (Fsp3) is 0.240. The molecule has 1 N–H and O–H groups in total. The summed E-state index contributed by atoms with van der Waals surface area (Å²) in [5.74, 6) is -2.29. The average Bonchev–Trinajstić information content (AvgIpc) is 2.79. The molecular weight excluding hydrogens is 462 g/mol. The predicted octanol–water partition coefficient (Wildman–Crippen LogP) is 4.86. The van der Waals surface area contributed by atoms with E-state index in [2.05, 4.69) is 5.32 Å². The van der Waals surface area contributed by atoms with Gasteiger partial charge in [-0.05, 0) is 47.4 Å². The number of benzene rings is 3. The Hall–Kier alpha value is -3.46. The lowest BCUT2D eigenvalue weighted by molar-refractivity contribution is -0.122. The maximum Gasteiger partial charge on any atom is 0.267 e. The maximum atomic E-state index is 14.1. The van der Waals surface area contributed by atoms with Crippen molar-refractivity contribution in [3.05, 3.63) is 83.9 Å². The normalized spacial score (nSPS) is 15.9. The minimum Gasteiger partial charge on any atom is -0.476 e. The molecule has 3 aromatic carbocycles. The summed E-state index contributed by atoms with van der Waals surface area (Å²) in [5, 5.41) is 2.36. The van der Waals surface area contributed by atoms with E-state index >= 15 is 0 Å². The number of halogens is 2. The highest BCUT2D eigenvalue weighted by atomic mass is 32.2. The summed E-state index contributed by atoms with van der Waals surface area (Å²) in [7, 11) is -4.04. The number of ether oxygens (including phenoxy) is 1. The first-order chi connectivity index (χ1) is 16.0. The van der Waals surface area contributed by atoms with Crippen LogP contribution in [0.5, 0.6) is 5.75 Å². The van der Waals surface area contributed by atoms with E-state index < -0.39 is 33.7 Å². The van der Waals surface area contributed by atoms with E-state index in [4.69, 9.17) is 4.74 Å². The molecule has 1 heterocycles. The number of rotatable bonds is 4. The fourth-order valence-electron chi connectivity index (χ4n) is 3.61. The molecule has 34 heavy (non-hydrogen) atoms. The minimum absolute atomic E-state index is 0.0627. The van der Waals surface area contributed by atoms with Crippen LogP contribution in [0.4, 0.5) is 20.2 Å². The predicted molar refractivity (Wildman–Crippen MR) is 126 cm³/mol. The molecule has 178 valence electrons. The van der Waals surface area contributed by atoms with E-state index in [0.29, 0.717) is 11.8 Å². The van der Waals surface area contributed by atoms with E-state index in [1.54, 1.807) is 30.3 Å². The van der Waals surface area contributed by atoms with Crippen molar-refractivity contribution in [3.8, 4) is 5.75 Å². The van der Waals surface area contributed by atoms with Gasteiger partial charge in [0.2, 0.25) is 0 Å². The highest BCUT2D eigenvalue weighted by Crippen LogP contribution is 2.40. The lowest BCUT2D eigenvalue weighted by Gasteiger charge is -2.36. The monoisotopic (exact) mass is 486 g/mol. The molecule has 0 unspecified atom stereocenters. The van der Waals surface area contributed by atoms with Crippen molar-refractivity contribution in [2.75, 3.05) is 16.2 Å². The first-order valence-electron chi connectivity index (χ1n) is 10.6. The zero-order valence-electron chi connectivity index (χ0n) is 18.9. The second kappa shape index (κ2) is 8.72. The van der Waals surface area contributed by atoms with Gasteiger partial charge in [-0.2, -0.15) is 0 Å². The van der Waals surface area contributed by atoms with E-state index in [9.17, 15) is 22.0 Å². The molecule has 1 aliphatic rings. The molecule has 0 aromatic heterocycles. The van der Waals surface area contributed by atoms with E-state index in [-0.39, 0.29) is 28.3 Å².